The molecule has 0 bridgehead atoms. The van der Waals surface area contributed by atoms with Crippen LogP contribution in [0.15, 0.2) is 66.0 Å². The minimum Gasteiger partial charge on any atom is -0.319 e. The number of imidazole rings is 1. The standard InChI is InChI=1S/C21H13Cl2F3N4OS.ClH/c22-12-5-3-6-13(23)17(12)20(31)28-14-7-4-10-30-15(11-32-16-8-1-2-9-27-16)18(21(24,25)26)29-19(14)30;/h1-10H,11H2,(H,28,31);1H. The van der Waals surface area contributed by atoms with Crippen LogP contribution in [-0.4, -0.2) is 20.3 Å². The van der Waals surface area contributed by atoms with Gasteiger partial charge in [0, 0.05) is 18.1 Å². The van der Waals surface area contributed by atoms with Crippen LogP contribution >= 0.6 is 47.4 Å². The highest BCUT2D eigenvalue weighted by Gasteiger charge is 2.38. The lowest BCUT2D eigenvalue weighted by Crippen LogP contribution is -2.14. The van der Waals surface area contributed by atoms with E-state index in [-0.39, 0.29) is 50.8 Å². The molecule has 33 heavy (non-hydrogen) atoms. The average molecular weight is 534 g/mol. The third kappa shape index (κ3) is 5.38. The maximum Gasteiger partial charge on any atom is 0.435 e. The summed E-state index contributed by atoms with van der Waals surface area (Å²) in [5.41, 5.74) is -1.03. The van der Waals surface area contributed by atoms with Gasteiger partial charge in [-0.2, -0.15) is 13.2 Å². The molecular weight excluding hydrogens is 520 g/mol. The Bertz CT molecular complexity index is 1280. The number of nitrogens with one attached hydrogen (secondary N) is 1. The molecule has 1 N–H and O–H groups in total. The van der Waals surface area contributed by atoms with E-state index in [0.717, 1.165) is 11.8 Å². The van der Waals surface area contributed by atoms with Gasteiger partial charge in [0.25, 0.3) is 5.91 Å². The Balaban J connectivity index is 0.00000306. The summed E-state index contributed by atoms with van der Waals surface area (Å²) in [5.74, 6) is -0.685. The first kappa shape index (κ1) is 25.2. The number of aromatic nitrogens is 3. The quantitative estimate of drug-likeness (QED) is 0.280. The number of benzene rings is 1. The Morgan fingerprint density at radius 1 is 1.06 bits per heavy atom. The Morgan fingerprint density at radius 2 is 1.79 bits per heavy atom. The van der Waals surface area contributed by atoms with E-state index in [1.165, 1.54) is 34.9 Å². The first-order valence-electron chi connectivity index (χ1n) is 9.12. The fourth-order valence-corrected chi connectivity index (χ4v) is 4.49. The van der Waals surface area contributed by atoms with Crippen LogP contribution in [0.25, 0.3) is 5.65 Å². The van der Waals surface area contributed by atoms with Crippen molar-refractivity contribution in [2.45, 2.75) is 17.0 Å². The number of alkyl halides is 3. The zero-order chi connectivity index (χ0) is 22.9. The maximum atomic E-state index is 13.8. The molecule has 0 aliphatic rings. The van der Waals surface area contributed by atoms with Gasteiger partial charge in [-0.05, 0) is 36.4 Å². The van der Waals surface area contributed by atoms with Crippen LogP contribution < -0.4 is 5.32 Å². The van der Waals surface area contributed by atoms with E-state index >= 15 is 0 Å². The van der Waals surface area contributed by atoms with E-state index in [9.17, 15) is 18.0 Å². The van der Waals surface area contributed by atoms with Gasteiger partial charge in [-0.15, -0.1) is 24.2 Å². The Labute approximate surface area is 206 Å². The summed E-state index contributed by atoms with van der Waals surface area (Å²) in [6.45, 7) is 0. The van der Waals surface area contributed by atoms with Crippen molar-refractivity contribution in [2.75, 3.05) is 5.32 Å². The van der Waals surface area contributed by atoms with Gasteiger partial charge in [-0.1, -0.05) is 35.3 Å². The van der Waals surface area contributed by atoms with E-state index in [2.05, 4.69) is 15.3 Å². The van der Waals surface area contributed by atoms with E-state index < -0.39 is 17.8 Å². The van der Waals surface area contributed by atoms with Gasteiger partial charge < -0.3 is 9.72 Å². The number of rotatable bonds is 5. The monoisotopic (exact) mass is 532 g/mol. The summed E-state index contributed by atoms with van der Waals surface area (Å²) in [5, 5.41) is 3.39. The number of halogens is 6. The molecular formula is C21H14Cl3F3N4OS. The maximum absolute atomic E-state index is 13.8. The minimum atomic E-state index is -4.68. The molecule has 4 aromatic rings. The van der Waals surface area contributed by atoms with Gasteiger partial charge in [-0.3, -0.25) is 4.79 Å². The lowest BCUT2D eigenvalue weighted by molar-refractivity contribution is -0.141. The third-order valence-corrected chi connectivity index (χ3v) is 6.03. The number of fused-ring (bicyclic) bond motifs is 1. The fourth-order valence-electron chi connectivity index (χ4n) is 3.05. The van der Waals surface area contributed by atoms with Crippen LogP contribution in [-0.2, 0) is 11.9 Å². The summed E-state index contributed by atoms with van der Waals surface area (Å²) in [6.07, 6.45) is -1.65. The molecule has 5 nitrogen and oxygen atoms in total. The number of hydrogen-bond donors (Lipinski definition) is 1. The average Bonchev–Trinajstić information content (AvgIpc) is 3.13. The smallest absolute Gasteiger partial charge is 0.319 e. The molecule has 0 radical (unpaired) electrons. The van der Waals surface area contributed by atoms with E-state index in [4.69, 9.17) is 23.2 Å². The number of anilines is 1. The number of hydrogen-bond acceptors (Lipinski definition) is 4. The van der Waals surface area contributed by atoms with Crippen molar-refractivity contribution in [2.24, 2.45) is 0 Å². The summed E-state index contributed by atoms with van der Waals surface area (Å²) in [7, 11) is 0. The van der Waals surface area contributed by atoms with Gasteiger partial charge in [0.05, 0.1) is 32.0 Å². The number of amides is 1. The van der Waals surface area contributed by atoms with Crippen molar-refractivity contribution in [1.29, 1.82) is 0 Å². The minimum absolute atomic E-state index is 0. The first-order valence-corrected chi connectivity index (χ1v) is 10.9. The van der Waals surface area contributed by atoms with Gasteiger partial charge >= 0.3 is 6.18 Å². The van der Waals surface area contributed by atoms with Crippen LogP contribution in [0.3, 0.4) is 0 Å². The van der Waals surface area contributed by atoms with Crippen LogP contribution in [0.5, 0.6) is 0 Å². The predicted molar refractivity (Wildman–Crippen MR) is 126 cm³/mol. The van der Waals surface area contributed by atoms with Crippen LogP contribution in [0, 0.1) is 0 Å². The predicted octanol–water partition coefficient (Wildman–Crippen LogP) is 7.02. The fraction of sp³-hybridized carbons (Fsp3) is 0.0952. The zero-order valence-corrected chi connectivity index (χ0v) is 19.6. The second-order valence-electron chi connectivity index (χ2n) is 6.53. The SMILES string of the molecule is Cl.O=C(Nc1cccn2c(CSc3ccccn3)c(C(F)(F)F)nc12)c1c(Cl)cccc1Cl. The molecule has 0 aliphatic heterocycles. The highest BCUT2D eigenvalue weighted by Crippen LogP contribution is 2.36. The van der Waals surface area contributed by atoms with E-state index in [1.807, 2.05) is 0 Å². The lowest BCUT2D eigenvalue weighted by Gasteiger charge is -2.10. The molecule has 1 amide bonds. The molecule has 0 saturated carbocycles. The zero-order valence-electron chi connectivity index (χ0n) is 16.4. The molecule has 0 fully saturated rings. The molecule has 0 unspecified atom stereocenters. The molecule has 0 spiro atoms. The molecule has 4 rings (SSSR count). The molecule has 0 atom stereocenters. The number of carbonyl (C=O) groups is 1. The number of carbonyl (C=O) groups excluding carboxylic acids is 1. The summed E-state index contributed by atoms with van der Waals surface area (Å²) in [4.78, 5) is 20.7. The van der Waals surface area contributed by atoms with Crippen molar-refractivity contribution in [3.63, 3.8) is 0 Å². The van der Waals surface area contributed by atoms with E-state index in [1.54, 1.807) is 30.5 Å². The molecule has 3 aromatic heterocycles. The van der Waals surface area contributed by atoms with Crippen molar-refractivity contribution >= 4 is 64.6 Å². The van der Waals surface area contributed by atoms with Gasteiger partial charge in [0.2, 0.25) is 0 Å². The van der Waals surface area contributed by atoms with Gasteiger partial charge in [-0.25, -0.2) is 9.97 Å². The molecule has 12 heteroatoms. The number of pyridine rings is 2. The Morgan fingerprint density at radius 3 is 2.42 bits per heavy atom. The number of nitrogens with zero attached hydrogens (tertiary/aromatic N) is 3. The van der Waals surface area contributed by atoms with Crippen LogP contribution in [0.4, 0.5) is 18.9 Å². The van der Waals surface area contributed by atoms with Crippen LogP contribution in [0.1, 0.15) is 21.7 Å². The topological polar surface area (TPSA) is 59.3 Å². The van der Waals surface area contributed by atoms with Crippen molar-refractivity contribution in [3.05, 3.63) is 87.9 Å². The van der Waals surface area contributed by atoms with Crippen molar-refractivity contribution < 1.29 is 18.0 Å². The highest BCUT2D eigenvalue weighted by atomic mass is 35.5. The normalized spacial score (nSPS) is 11.3. The largest absolute Gasteiger partial charge is 0.435 e. The summed E-state index contributed by atoms with van der Waals surface area (Å²) >= 11 is 13.3. The third-order valence-electron chi connectivity index (χ3n) is 4.45. The molecule has 3 heterocycles. The van der Waals surface area contributed by atoms with Crippen LogP contribution in [0.2, 0.25) is 10.0 Å². The Kier molecular flexibility index (Phi) is 7.79. The molecule has 1 aromatic carbocycles. The van der Waals surface area contributed by atoms with E-state index in [0.29, 0.717) is 5.03 Å². The summed E-state index contributed by atoms with van der Waals surface area (Å²) in [6, 6.07) is 12.7. The molecule has 172 valence electrons. The second kappa shape index (κ2) is 10.2. The molecule has 0 aliphatic carbocycles. The number of thioether (sulfide) groups is 1. The van der Waals surface area contributed by atoms with Crippen molar-refractivity contribution in [3.8, 4) is 0 Å². The van der Waals surface area contributed by atoms with Gasteiger partial charge in [0.15, 0.2) is 11.3 Å². The van der Waals surface area contributed by atoms with Crippen molar-refractivity contribution in [1.82, 2.24) is 14.4 Å². The summed E-state index contributed by atoms with van der Waals surface area (Å²) < 4.78 is 42.6. The highest BCUT2D eigenvalue weighted by molar-refractivity contribution is 7.98. The Hall–Kier alpha value is -2.46. The molecule has 0 saturated heterocycles. The second-order valence-corrected chi connectivity index (χ2v) is 8.34. The lowest BCUT2D eigenvalue weighted by atomic mass is 10.2. The van der Waals surface area contributed by atoms with Gasteiger partial charge in [0.1, 0.15) is 0 Å². The first-order chi connectivity index (χ1) is 15.3.